The van der Waals surface area contributed by atoms with Gasteiger partial charge in [-0.1, -0.05) is 30.3 Å². The second-order valence-electron chi connectivity index (χ2n) is 8.16. The number of nitrogens with zero attached hydrogens (tertiary/aromatic N) is 1. The van der Waals surface area contributed by atoms with Crippen molar-refractivity contribution >= 4 is 38.2 Å². The number of amides is 1. The van der Waals surface area contributed by atoms with Crippen LogP contribution in [-0.2, 0) is 28.0 Å². The van der Waals surface area contributed by atoms with Crippen molar-refractivity contribution in [2.24, 2.45) is 0 Å². The second-order valence-corrected chi connectivity index (χ2v) is 10.8. The van der Waals surface area contributed by atoms with Gasteiger partial charge in [0.15, 0.2) is 0 Å². The van der Waals surface area contributed by atoms with Crippen LogP contribution in [0.4, 0.5) is 0 Å². The summed E-state index contributed by atoms with van der Waals surface area (Å²) in [5.74, 6) is 0.398. The quantitative estimate of drug-likeness (QED) is 0.387. The van der Waals surface area contributed by atoms with Crippen molar-refractivity contribution in [1.29, 1.82) is 0 Å². The number of ether oxygens (including phenoxy) is 1. The number of rotatable bonds is 8. The van der Waals surface area contributed by atoms with Crippen LogP contribution in [0.3, 0.4) is 0 Å². The van der Waals surface area contributed by atoms with Crippen LogP contribution >= 0.6 is 11.3 Å². The molecule has 1 unspecified atom stereocenters. The van der Waals surface area contributed by atoms with Gasteiger partial charge in [0.1, 0.15) is 24.0 Å². The van der Waals surface area contributed by atoms with Crippen molar-refractivity contribution < 1.29 is 22.4 Å². The van der Waals surface area contributed by atoms with Gasteiger partial charge in [-0.3, -0.25) is 4.79 Å². The summed E-state index contributed by atoms with van der Waals surface area (Å²) in [5, 5.41) is 7.51. The summed E-state index contributed by atoms with van der Waals surface area (Å²) in [6, 6.07) is 17.4. The lowest BCUT2D eigenvalue weighted by atomic mass is 10.2. The molecule has 3 heterocycles. The van der Waals surface area contributed by atoms with Gasteiger partial charge in [-0.15, -0.1) is 0 Å². The third-order valence-electron chi connectivity index (χ3n) is 5.82. The molecule has 176 valence electrons. The molecule has 0 saturated carbocycles. The van der Waals surface area contributed by atoms with Crippen LogP contribution in [-0.4, -0.2) is 31.2 Å². The molecule has 1 aliphatic heterocycles. The first-order valence-corrected chi connectivity index (χ1v) is 13.4. The van der Waals surface area contributed by atoms with Crippen LogP contribution in [0.5, 0.6) is 5.75 Å². The first kappa shape index (κ1) is 22.6. The van der Waals surface area contributed by atoms with E-state index in [1.54, 1.807) is 29.5 Å². The van der Waals surface area contributed by atoms with E-state index < -0.39 is 16.1 Å². The molecule has 0 aliphatic carbocycles. The zero-order valence-corrected chi connectivity index (χ0v) is 20.0. The molecule has 1 fully saturated rings. The van der Waals surface area contributed by atoms with E-state index in [0.29, 0.717) is 36.2 Å². The lowest BCUT2D eigenvalue weighted by molar-refractivity contribution is -0.124. The minimum atomic E-state index is -3.93. The number of sulfonamides is 1. The molecule has 5 rings (SSSR count). The van der Waals surface area contributed by atoms with Gasteiger partial charge in [-0.05, 0) is 59.0 Å². The molecule has 34 heavy (non-hydrogen) atoms. The van der Waals surface area contributed by atoms with Gasteiger partial charge in [-0.25, -0.2) is 8.42 Å². The SMILES string of the molecule is O=C(NCc1cccc(OCc2ccsc2)c1)C1CCCN1S(=O)(=O)c1cc2ccccc2o1. The Morgan fingerprint density at radius 2 is 2.00 bits per heavy atom. The number of carbonyl (C=O) groups excluding carboxylic acids is 1. The maximum absolute atomic E-state index is 13.2. The van der Waals surface area contributed by atoms with Crippen molar-refractivity contribution in [2.75, 3.05) is 6.54 Å². The van der Waals surface area contributed by atoms with Gasteiger partial charge >= 0.3 is 0 Å². The topological polar surface area (TPSA) is 88.9 Å². The number of fused-ring (bicyclic) bond motifs is 1. The number of hydrogen-bond donors (Lipinski definition) is 1. The Hall–Kier alpha value is -3.14. The first-order valence-electron chi connectivity index (χ1n) is 11.0. The van der Waals surface area contributed by atoms with E-state index in [0.717, 1.165) is 11.1 Å². The highest BCUT2D eigenvalue weighted by Crippen LogP contribution is 2.30. The highest BCUT2D eigenvalue weighted by Gasteiger charge is 2.41. The van der Waals surface area contributed by atoms with Crippen LogP contribution in [0, 0.1) is 0 Å². The fraction of sp³-hybridized carbons (Fsp3) is 0.240. The van der Waals surface area contributed by atoms with Gasteiger partial charge in [0.05, 0.1) is 0 Å². The van der Waals surface area contributed by atoms with E-state index in [1.165, 1.54) is 10.4 Å². The summed E-state index contributed by atoms with van der Waals surface area (Å²) in [7, 11) is -3.93. The number of furan rings is 1. The molecule has 0 spiro atoms. The molecule has 1 amide bonds. The van der Waals surface area contributed by atoms with Gasteiger partial charge < -0.3 is 14.5 Å². The average Bonchev–Trinajstić information content (AvgIpc) is 3.61. The Morgan fingerprint density at radius 3 is 2.82 bits per heavy atom. The normalized spacial score (nSPS) is 16.6. The third-order valence-corrected chi connectivity index (χ3v) is 8.32. The number of hydrogen-bond acceptors (Lipinski definition) is 6. The maximum atomic E-state index is 13.2. The fourth-order valence-corrected chi connectivity index (χ4v) is 6.34. The third kappa shape index (κ3) is 4.72. The van der Waals surface area contributed by atoms with Crippen molar-refractivity contribution in [1.82, 2.24) is 9.62 Å². The molecule has 2 aromatic carbocycles. The average molecular weight is 497 g/mol. The monoisotopic (exact) mass is 496 g/mol. The molecule has 1 saturated heterocycles. The Morgan fingerprint density at radius 1 is 1.12 bits per heavy atom. The van der Waals surface area contributed by atoms with Gasteiger partial charge in [0.25, 0.3) is 10.0 Å². The Balaban J connectivity index is 1.24. The minimum Gasteiger partial charge on any atom is -0.489 e. The van der Waals surface area contributed by atoms with Crippen molar-refractivity contribution in [2.45, 2.75) is 37.1 Å². The molecule has 7 nitrogen and oxygen atoms in total. The minimum absolute atomic E-state index is 0.135. The van der Waals surface area contributed by atoms with Crippen molar-refractivity contribution in [3.8, 4) is 5.75 Å². The van der Waals surface area contributed by atoms with Crippen LogP contribution in [0.15, 0.2) is 80.9 Å². The summed E-state index contributed by atoms with van der Waals surface area (Å²) >= 11 is 1.62. The van der Waals surface area contributed by atoms with Crippen LogP contribution < -0.4 is 10.1 Å². The molecular weight excluding hydrogens is 472 g/mol. The summed E-state index contributed by atoms with van der Waals surface area (Å²) in [6.07, 6.45) is 1.08. The molecule has 2 aromatic heterocycles. The van der Waals surface area contributed by atoms with E-state index >= 15 is 0 Å². The molecule has 1 N–H and O–H groups in total. The lowest BCUT2D eigenvalue weighted by Gasteiger charge is -2.22. The van der Waals surface area contributed by atoms with E-state index in [9.17, 15) is 13.2 Å². The standard InChI is InChI=1S/C25H24N2O5S2/c28-25(26-15-18-5-3-7-21(13-18)31-16-19-10-12-33-17-19)22-8-4-11-27(22)34(29,30)24-14-20-6-1-2-9-23(20)32-24/h1-3,5-7,9-10,12-14,17,22H,4,8,11,15-16H2,(H,26,28). The van der Waals surface area contributed by atoms with Gasteiger partial charge in [-0.2, -0.15) is 15.6 Å². The Labute approximate surface area is 202 Å². The molecule has 1 aliphatic rings. The number of benzene rings is 2. The van der Waals surface area contributed by atoms with Gasteiger partial charge in [0.2, 0.25) is 11.0 Å². The Kier molecular flexibility index (Phi) is 6.40. The summed E-state index contributed by atoms with van der Waals surface area (Å²) in [5.41, 5.74) is 2.49. The predicted molar refractivity (Wildman–Crippen MR) is 130 cm³/mol. The number of carbonyl (C=O) groups is 1. The largest absolute Gasteiger partial charge is 0.489 e. The number of thiophene rings is 1. The van der Waals surface area contributed by atoms with Gasteiger partial charge in [0, 0.05) is 24.5 Å². The smallest absolute Gasteiger partial charge is 0.277 e. The maximum Gasteiger partial charge on any atom is 0.277 e. The fourth-order valence-electron chi connectivity index (χ4n) is 4.08. The zero-order valence-electron chi connectivity index (χ0n) is 18.3. The van der Waals surface area contributed by atoms with E-state index in [4.69, 9.17) is 9.15 Å². The molecule has 9 heteroatoms. The van der Waals surface area contributed by atoms with Crippen molar-refractivity contribution in [3.63, 3.8) is 0 Å². The van der Waals surface area contributed by atoms with Crippen LogP contribution in [0.1, 0.15) is 24.0 Å². The first-order chi connectivity index (χ1) is 16.5. The number of nitrogens with one attached hydrogen (secondary N) is 1. The van der Waals surface area contributed by atoms with Crippen LogP contribution in [0.25, 0.3) is 11.0 Å². The molecule has 1 atom stereocenters. The summed E-state index contributed by atoms with van der Waals surface area (Å²) in [4.78, 5) is 13.0. The summed E-state index contributed by atoms with van der Waals surface area (Å²) < 4.78 is 39.2. The Bertz CT molecular complexity index is 1360. The van der Waals surface area contributed by atoms with E-state index in [2.05, 4.69) is 5.32 Å². The zero-order chi connectivity index (χ0) is 23.5. The lowest BCUT2D eigenvalue weighted by Crippen LogP contribution is -2.45. The molecular formula is C25H24N2O5S2. The van der Waals surface area contributed by atoms with Crippen LogP contribution in [0.2, 0.25) is 0 Å². The molecule has 4 aromatic rings. The van der Waals surface area contributed by atoms with Crippen molar-refractivity contribution in [3.05, 3.63) is 82.6 Å². The highest BCUT2D eigenvalue weighted by molar-refractivity contribution is 7.89. The second kappa shape index (κ2) is 9.61. The molecule has 0 radical (unpaired) electrons. The number of para-hydroxylation sites is 1. The van der Waals surface area contributed by atoms with E-state index in [1.807, 2.05) is 47.2 Å². The highest BCUT2D eigenvalue weighted by atomic mass is 32.2. The molecule has 0 bridgehead atoms. The predicted octanol–water partition coefficient (Wildman–Crippen LogP) is 4.54. The summed E-state index contributed by atoms with van der Waals surface area (Å²) in [6.45, 7) is 1.04. The van der Waals surface area contributed by atoms with E-state index in [-0.39, 0.29) is 24.1 Å².